The van der Waals surface area contributed by atoms with Gasteiger partial charge in [-0.15, -0.1) is 0 Å². The van der Waals surface area contributed by atoms with Crippen LogP contribution in [-0.2, 0) is 10.0 Å². The van der Waals surface area contributed by atoms with E-state index in [0.717, 1.165) is 22.8 Å². The fraction of sp³-hybridized carbons (Fsp3) is 0.235. The summed E-state index contributed by atoms with van der Waals surface area (Å²) in [6.07, 6.45) is 0. The van der Waals surface area contributed by atoms with Crippen LogP contribution in [0.25, 0.3) is 0 Å². The molecule has 1 amide bonds. The molecule has 0 aromatic heterocycles. The Bertz CT molecular complexity index is 943. The van der Waals surface area contributed by atoms with Gasteiger partial charge in [0.1, 0.15) is 4.90 Å². The van der Waals surface area contributed by atoms with Crippen LogP contribution in [0.3, 0.4) is 0 Å². The summed E-state index contributed by atoms with van der Waals surface area (Å²) in [7, 11) is -4.07. The zero-order chi connectivity index (χ0) is 18.9. The maximum Gasteiger partial charge on any atom is 0.253 e. The van der Waals surface area contributed by atoms with Gasteiger partial charge in [0.25, 0.3) is 5.91 Å². The lowest BCUT2D eigenvalue weighted by atomic mass is 10.00. The van der Waals surface area contributed by atoms with Gasteiger partial charge in [-0.1, -0.05) is 47.0 Å². The smallest absolute Gasteiger partial charge is 0.253 e. The van der Waals surface area contributed by atoms with E-state index in [1.807, 2.05) is 39.0 Å². The molecule has 0 bridgehead atoms. The largest absolute Gasteiger partial charge is 0.345 e. The molecule has 25 heavy (non-hydrogen) atoms. The molecule has 0 aliphatic rings. The highest BCUT2D eigenvalue weighted by Crippen LogP contribution is 2.28. The molecule has 2 rings (SSSR count). The highest BCUT2D eigenvalue weighted by atomic mass is 35.5. The molecule has 1 atom stereocenters. The molecule has 0 aliphatic heterocycles. The Morgan fingerprint density at radius 2 is 1.76 bits per heavy atom. The van der Waals surface area contributed by atoms with Crippen molar-refractivity contribution in [3.05, 3.63) is 62.6 Å². The quantitative estimate of drug-likeness (QED) is 0.818. The van der Waals surface area contributed by atoms with Crippen LogP contribution in [0.15, 0.2) is 35.2 Å². The fourth-order valence-corrected chi connectivity index (χ4v) is 3.99. The molecule has 0 heterocycles. The van der Waals surface area contributed by atoms with Crippen LogP contribution in [0, 0.1) is 13.8 Å². The minimum Gasteiger partial charge on any atom is -0.345 e. The molecule has 0 saturated carbocycles. The number of sulfonamides is 1. The number of nitrogens with one attached hydrogen (secondary N) is 1. The average Bonchev–Trinajstić information content (AvgIpc) is 2.45. The topological polar surface area (TPSA) is 89.3 Å². The van der Waals surface area contributed by atoms with Gasteiger partial charge in [-0.2, -0.15) is 0 Å². The molecule has 0 aliphatic carbocycles. The molecule has 8 heteroatoms. The fourth-order valence-electron chi connectivity index (χ4n) is 2.58. The third kappa shape index (κ3) is 4.52. The Balaban J connectivity index is 2.35. The summed E-state index contributed by atoms with van der Waals surface area (Å²) in [6, 6.07) is 7.90. The average molecular weight is 401 g/mol. The number of primary sulfonamides is 1. The second-order valence-electron chi connectivity index (χ2n) is 5.86. The van der Waals surface area contributed by atoms with Crippen LogP contribution < -0.4 is 10.5 Å². The van der Waals surface area contributed by atoms with Gasteiger partial charge >= 0.3 is 0 Å². The first kappa shape index (κ1) is 19.7. The molecule has 0 fully saturated rings. The maximum atomic E-state index is 12.5. The molecule has 3 N–H and O–H groups in total. The lowest BCUT2D eigenvalue weighted by Crippen LogP contribution is -2.28. The summed E-state index contributed by atoms with van der Waals surface area (Å²) >= 11 is 11.9. The predicted octanol–water partition coefficient (Wildman–Crippen LogP) is 3.75. The summed E-state index contributed by atoms with van der Waals surface area (Å²) in [4.78, 5) is 12.2. The van der Waals surface area contributed by atoms with E-state index in [1.54, 1.807) is 0 Å². The monoisotopic (exact) mass is 400 g/mol. The van der Waals surface area contributed by atoms with E-state index in [9.17, 15) is 13.2 Å². The third-order valence-electron chi connectivity index (χ3n) is 3.81. The van der Waals surface area contributed by atoms with Crippen molar-refractivity contribution in [1.82, 2.24) is 5.32 Å². The lowest BCUT2D eigenvalue weighted by Gasteiger charge is -2.18. The van der Waals surface area contributed by atoms with E-state index in [2.05, 4.69) is 5.32 Å². The Labute approximate surface area is 157 Å². The Morgan fingerprint density at radius 3 is 2.32 bits per heavy atom. The van der Waals surface area contributed by atoms with Crippen LogP contribution in [0.5, 0.6) is 0 Å². The van der Waals surface area contributed by atoms with Crippen LogP contribution >= 0.6 is 23.2 Å². The highest BCUT2D eigenvalue weighted by molar-refractivity contribution is 7.89. The molecule has 2 aromatic rings. The number of halogens is 2. The van der Waals surface area contributed by atoms with Crippen LogP contribution in [0.1, 0.15) is 40.0 Å². The number of carbonyl (C=O) groups excluding carboxylic acids is 1. The van der Waals surface area contributed by atoms with Crippen LogP contribution in [0.4, 0.5) is 0 Å². The van der Waals surface area contributed by atoms with Gasteiger partial charge in [-0.05, 0) is 44.0 Å². The first-order valence-corrected chi connectivity index (χ1v) is 9.70. The predicted molar refractivity (Wildman–Crippen MR) is 99.6 cm³/mol. The summed E-state index contributed by atoms with van der Waals surface area (Å²) in [5.74, 6) is -0.515. The van der Waals surface area contributed by atoms with Crippen molar-refractivity contribution in [3.8, 4) is 0 Å². The summed E-state index contributed by atoms with van der Waals surface area (Å²) < 4.78 is 23.2. The molecule has 0 radical (unpaired) electrons. The van der Waals surface area contributed by atoms with E-state index >= 15 is 0 Å². The van der Waals surface area contributed by atoms with Gasteiger partial charge in [0.05, 0.1) is 21.7 Å². The molecular weight excluding hydrogens is 383 g/mol. The van der Waals surface area contributed by atoms with E-state index in [-0.39, 0.29) is 26.5 Å². The number of nitrogens with two attached hydrogens (primary N) is 1. The molecule has 0 saturated heterocycles. The third-order valence-corrected chi connectivity index (χ3v) is 5.50. The van der Waals surface area contributed by atoms with E-state index < -0.39 is 15.9 Å². The van der Waals surface area contributed by atoms with Crippen molar-refractivity contribution in [2.75, 3.05) is 0 Å². The Morgan fingerprint density at radius 1 is 1.12 bits per heavy atom. The number of rotatable bonds is 4. The first-order valence-electron chi connectivity index (χ1n) is 7.40. The van der Waals surface area contributed by atoms with Gasteiger partial charge in [0.15, 0.2) is 0 Å². The van der Waals surface area contributed by atoms with Crippen LogP contribution in [-0.4, -0.2) is 14.3 Å². The van der Waals surface area contributed by atoms with Gasteiger partial charge in [-0.25, -0.2) is 13.6 Å². The normalized spacial score (nSPS) is 12.7. The first-order chi connectivity index (χ1) is 11.5. The van der Waals surface area contributed by atoms with Gasteiger partial charge in [0.2, 0.25) is 10.0 Å². The van der Waals surface area contributed by atoms with E-state index in [0.29, 0.717) is 0 Å². The zero-order valence-electron chi connectivity index (χ0n) is 13.9. The van der Waals surface area contributed by atoms with Gasteiger partial charge in [0, 0.05) is 0 Å². The number of benzene rings is 2. The SMILES string of the molecule is Cc1ccc([C@@H](C)NC(=O)c2cc(S(N)(=O)=O)c(Cl)cc2Cl)c(C)c1. The van der Waals surface area contributed by atoms with Crippen LogP contribution in [0.2, 0.25) is 10.0 Å². The van der Waals surface area contributed by atoms with Crippen molar-refractivity contribution in [3.63, 3.8) is 0 Å². The molecule has 0 spiro atoms. The Hall–Kier alpha value is -1.60. The Kier molecular flexibility index (Phi) is 5.79. The standard InChI is InChI=1S/C17H18Cl2N2O3S/c1-9-4-5-12(10(2)6-9)11(3)21-17(22)13-7-16(25(20,23)24)15(19)8-14(13)18/h4-8,11H,1-3H3,(H,21,22)(H2,20,23,24)/t11-/m1/s1. The molecule has 2 aromatic carbocycles. The highest BCUT2D eigenvalue weighted by Gasteiger charge is 2.21. The van der Waals surface area contributed by atoms with E-state index in [1.165, 1.54) is 6.07 Å². The number of hydrogen-bond acceptors (Lipinski definition) is 3. The second kappa shape index (κ2) is 7.33. The molecular formula is C17H18Cl2N2O3S. The minimum atomic E-state index is -4.07. The van der Waals surface area contributed by atoms with Crippen molar-refractivity contribution in [1.29, 1.82) is 0 Å². The number of amides is 1. The zero-order valence-corrected chi connectivity index (χ0v) is 16.3. The number of hydrogen-bond donors (Lipinski definition) is 2. The summed E-state index contributed by atoms with van der Waals surface area (Å²) in [6.45, 7) is 5.78. The van der Waals surface area contributed by atoms with Gasteiger partial charge < -0.3 is 5.32 Å². The van der Waals surface area contributed by atoms with Gasteiger partial charge in [-0.3, -0.25) is 4.79 Å². The summed E-state index contributed by atoms with van der Waals surface area (Å²) in [5, 5.41) is 7.84. The minimum absolute atomic E-state index is 0.00768. The second-order valence-corrected chi connectivity index (χ2v) is 8.21. The van der Waals surface area contributed by atoms with E-state index in [4.69, 9.17) is 28.3 Å². The summed E-state index contributed by atoms with van der Waals surface area (Å²) in [5.41, 5.74) is 3.11. The number of carbonyl (C=O) groups is 1. The lowest BCUT2D eigenvalue weighted by molar-refractivity contribution is 0.0940. The van der Waals surface area contributed by atoms with Crippen molar-refractivity contribution in [2.45, 2.75) is 31.7 Å². The number of aryl methyl sites for hydroxylation is 2. The van der Waals surface area contributed by atoms with Crippen molar-refractivity contribution >= 4 is 39.1 Å². The van der Waals surface area contributed by atoms with Crippen molar-refractivity contribution in [2.24, 2.45) is 5.14 Å². The molecule has 0 unspecified atom stereocenters. The maximum absolute atomic E-state index is 12.5. The molecule has 5 nitrogen and oxygen atoms in total. The molecule has 134 valence electrons. The van der Waals surface area contributed by atoms with Crippen molar-refractivity contribution < 1.29 is 13.2 Å².